The van der Waals surface area contributed by atoms with Crippen LogP contribution in [0.5, 0.6) is 5.75 Å². The van der Waals surface area contributed by atoms with E-state index in [2.05, 4.69) is 5.32 Å². The van der Waals surface area contributed by atoms with Gasteiger partial charge in [0.05, 0.1) is 18.5 Å². The smallest absolute Gasteiger partial charge is 0.224 e. The first-order chi connectivity index (χ1) is 10.0. The molecule has 1 rings (SSSR count). The summed E-state index contributed by atoms with van der Waals surface area (Å²) in [5.74, 6) is 0.350. The average Bonchev–Trinajstić information content (AvgIpc) is 2.48. The molecule has 0 aliphatic rings. The van der Waals surface area contributed by atoms with Crippen LogP contribution in [0, 0.1) is 0 Å². The van der Waals surface area contributed by atoms with Crippen molar-refractivity contribution in [2.24, 2.45) is 0 Å². The summed E-state index contributed by atoms with van der Waals surface area (Å²) in [6.07, 6.45) is 0.323. The number of hydrogen-bond donors (Lipinski definition) is 2. The Labute approximate surface area is 125 Å². The molecule has 1 aromatic carbocycles. The zero-order chi connectivity index (χ0) is 15.8. The van der Waals surface area contributed by atoms with Crippen LogP contribution in [-0.4, -0.2) is 36.9 Å². The van der Waals surface area contributed by atoms with Gasteiger partial charge in [-0.1, -0.05) is 0 Å². The van der Waals surface area contributed by atoms with Crippen LogP contribution in [0.25, 0.3) is 0 Å². The van der Waals surface area contributed by atoms with E-state index < -0.39 is 0 Å². The minimum atomic E-state index is -0.240. The van der Waals surface area contributed by atoms with Gasteiger partial charge in [-0.25, -0.2) is 0 Å². The van der Waals surface area contributed by atoms with E-state index >= 15 is 0 Å². The number of amides is 2. The number of ether oxygens (including phenoxy) is 1. The Hall–Kier alpha value is -2.24. The largest absolute Gasteiger partial charge is 0.497 e. The monoisotopic (exact) mass is 293 g/mol. The second-order valence-electron chi connectivity index (χ2n) is 4.57. The van der Waals surface area contributed by atoms with Gasteiger partial charge in [0.15, 0.2) is 0 Å². The normalized spacial score (nSPS) is 10.0. The summed E-state index contributed by atoms with van der Waals surface area (Å²) in [7, 11) is 1.54. The number of rotatable bonds is 7. The molecule has 0 heterocycles. The van der Waals surface area contributed by atoms with E-state index in [0.29, 0.717) is 30.2 Å². The van der Waals surface area contributed by atoms with Crippen molar-refractivity contribution in [1.82, 2.24) is 4.90 Å². The lowest BCUT2D eigenvalue weighted by atomic mass is 10.2. The maximum Gasteiger partial charge on any atom is 0.224 e. The molecule has 0 atom stereocenters. The van der Waals surface area contributed by atoms with Gasteiger partial charge < -0.3 is 20.7 Å². The lowest BCUT2D eigenvalue weighted by Crippen LogP contribution is -2.31. The van der Waals surface area contributed by atoms with Crippen LogP contribution in [0.15, 0.2) is 18.2 Å². The zero-order valence-electron chi connectivity index (χ0n) is 12.8. The summed E-state index contributed by atoms with van der Waals surface area (Å²) in [5.41, 5.74) is 6.75. The third-order valence-electron chi connectivity index (χ3n) is 3.22. The van der Waals surface area contributed by atoms with Crippen molar-refractivity contribution in [3.05, 3.63) is 18.2 Å². The summed E-state index contributed by atoms with van der Waals surface area (Å²) >= 11 is 0. The predicted octanol–water partition coefficient (Wildman–Crippen LogP) is 1.86. The second-order valence-corrected chi connectivity index (χ2v) is 4.57. The summed E-state index contributed by atoms with van der Waals surface area (Å²) in [6.45, 7) is 5.14. The van der Waals surface area contributed by atoms with Crippen molar-refractivity contribution in [1.29, 1.82) is 0 Å². The highest BCUT2D eigenvalue weighted by atomic mass is 16.5. The molecular formula is C15H23N3O3. The fourth-order valence-electron chi connectivity index (χ4n) is 1.94. The highest BCUT2D eigenvalue weighted by molar-refractivity contribution is 5.95. The van der Waals surface area contributed by atoms with E-state index in [9.17, 15) is 9.59 Å². The third kappa shape index (κ3) is 4.98. The maximum absolute atomic E-state index is 11.9. The summed E-state index contributed by atoms with van der Waals surface area (Å²) in [6, 6.07) is 5.03. The number of nitrogens with two attached hydrogens (primary N) is 1. The Morgan fingerprint density at radius 1 is 1.24 bits per heavy atom. The van der Waals surface area contributed by atoms with Crippen LogP contribution in [-0.2, 0) is 9.59 Å². The van der Waals surface area contributed by atoms with Gasteiger partial charge in [0, 0.05) is 32.0 Å². The maximum atomic E-state index is 11.9. The predicted molar refractivity (Wildman–Crippen MR) is 83.2 cm³/mol. The fraction of sp³-hybridized carbons (Fsp3) is 0.467. The van der Waals surface area contributed by atoms with Crippen LogP contribution in [0.1, 0.15) is 26.7 Å². The molecule has 0 spiro atoms. The number of carbonyl (C=O) groups excluding carboxylic acids is 2. The first-order valence-electron chi connectivity index (χ1n) is 7.02. The Morgan fingerprint density at radius 3 is 2.48 bits per heavy atom. The van der Waals surface area contributed by atoms with Crippen LogP contribution in [0.4, 0.5) is 11.4 Å². The molecule has 6 heteroatoms. The number of nitrogen functional groups attached to an aromatic ring is 1. The molecule has 3 N–H and O–H groups in total. The van der Waals surface area contributed by atoms with Gasteiger partial charge in [-0.15, -0.1) is 0 Å². The number of carbonyl (C=O) groups is 2. The molecule has 0 fully saturated rings. The van der Waals surface area contributed by atoms with E-state index in [0.717, 1.165) is 0 Å². The van der Waals surface area contributed by atoms with E-state index in [4.69, 9.17) is 10.5 Å². The number of methoxy groups -OCH3 is 1. The van der Waals surface area contributed by atoms with Crippen molar-refractivity contribution in [2.75, 3.05) is 31.2 Å². The van der Waals surface area contributed by atoms with Crippen molar-refractivity contribution < 1.29 is 14.3 Å². The summed E-state index contributed by atoms with van der Waals surface area (Å²) in [5, 5.41) is 2.70. The second kappa shape index (κ2) is 8.14. The van der Waals surface area contributed by atoms with Crippen molar-refractivity contribution in [3.8, 4) is 5.75 Å². The minimum absolute atomic E-state index is 0.0197. The van der Waals surface area contributed by atoms with Crippen LogP contribution >= 0.6 is 0 Å². The van der Waals surface area contributed by atoms with Crippen LogP contribution in [0.2, 0.25) is 0 Å². The molecule has 0 unspecified atom stereocenters. The van der Waals surface area contributed by atoms with Crippen molar-refractivity contribution in [2.45, 2.75) is 26.7 Å². The molecule has 0 aliphatic carbocycles. The highest BCUT2D eigenvalue weighted by Crippen LogP contribution is 2.24. The topological polar surface area (TPSA) is 84.7 Å². The first kappa shape index (κ1) is 16.8. The molecule has 1 aromatic rings. The van der Waals surface area contributed by atoms with Gasteiger partial charge in [-0.2, -0.15) is 0 Å². The van der Waals surface area contributed by atoms with Crippen molar-refractivity contribution in [3.63, 3.8) is 0 Å². The van der Waals surface area contributed by atoms with Gasteiger partial charge >= 0.3 is 0 Å². The molecule has 0 radical (unpaired) electrons. The molecule has 2 amide bonds. The molecular weight excluding hydrogens is 270 g/mol. The number of nitrogens with one attached hydrogen (secondary N) is 1. The molecule has 0 saturated carbocycles. The molecule has 0 aromatic heterocycles. The Bertz CT molecular complexity index is 499. The van der Waals surface area contributed by atoms with Gasteiger partial charge in [-0.3, -0.25) is 9.59 Å². The molecule has 21 heavy (non-hydrogen) atoms. The zero-order valence-corrected chi connectivity index (χ0v) is 12.8. The summed E-state index contributed by atoms with van der Waals surface area (Å²) < 4.78 is 5.08. The van der Waals surface area contributed by atoms with Crippen LogP contribution < -0.4 is 15.8 Å². The standard InChI is InChI=1S/C15H23N3O3/c1-4-18(5-2)15(20)9-8-14(19)17-13-10-11(21-3)6-7-12(13)16/h6-7,10H,4-5,8-9,16H2,1-3H3,(H,17,19). The van der Waals surface area contributed by atoms with Gasteiger partial charge in [0.1, 0.15) is 5.75 Å². The molecule has 0 bridgehead atoms. The molecule has 0 aliphatic heterocycles. The first-order valence-corrected chi connectivity index (χ1v) is 7.02. The van der Waals surface area contributed by atoms with E-state index in [-0.39, 0.29) is 24.7 Å². The number of benzene rings is 1. The van der Waals surface area contributed by atoms with E-state index in [1.54, 1.807) is 30.2 Å². The molecule has 0 saturated heterocycles. The van der Waals surface area contributed by atoms with E-state index in [1.807, 2.05) is 13.8 Å². The number of hydrogen-bond acceptors (Lipinski definition) is 4. The summed E-state index contributed by atoms with van der Waals surface area (Å²) in [4.78, 5) is 25.4. The number of anilines is 2. The Balaban J connectivity index is 2.56. The molecule has 6 nitrogen and oxygen atoms in total. The Morgan fingerprint density at radius 2 is 1.90 bits per heavy atom. The van der Waals surface area contributed by atoms with Gasteiger partial charge in [0.25, 0.3) is 0 Å². The SMILES string of the molecule is CCN(CC)C(=O)CCC(=O)Nc1cc(OC)ccc1N. The lowest BCUT2D eigenvalue weighted by molar-refractivity contribution is -0.132. The van der Waals surface area contributed by atoms with E-state index in [1.165, 1.54) is 0 Å². The average molecular weight is 293 g/mol. The lowest BCUT2D eigenvalue weighted by Gasteiger charge is -2.18. The van der Waals surface area contributed by atoms with Gasteiger partial charge in [0.2, 0.25) is 11.8 Å². The van der Waals surface area contributed by atoms with Crippen LogP contribution in [0.3, 0.4) is 0 Å². The van der Waals surface area contributed by atoms with Crippen molar-refractivity contribution >= 4 is 23.2 Å². The molecule has 116 valence electrons. The quantitative estimate of drug-likeness (QED) is 0.752. The highest BCUT2D eigenvalue weighted by Gasteiger charge is 2.13. The number of nitrogens with zero attached hydrogens (tertiary/aromatic N) is 1. The van der Waals surface area contributed by atoms with Gasteiger partial charge in [-0.05, 0) is 26.0 Å². The fourth-order valence-corrected chi connectivity index (χ4v) is 1.94. The Kier molecular flexibility index (Phi) is 6.52. The minimum Gasteiger partial charge on any atom is -0.497 e. The third-order valence-corrected chi connectivity index (χ3v) is 3.22.